The van der Waals surface area contributed by atoms with E-state index in [9.17, 15) is 4.79 Å². The van der Waals surface area contributed by atoms with Gasteiger partial charge in [0.15, 0.2) is 22.4 Å². The highest BCUT2D eigenvalue weighted by molar-refractivity contribution is 7.98. The highest BCUT2D eigenvalue weighted by Gasteiger charge is 2.25. The average molecular weight is 656 g/mol. The van der Waals surface area contributed by atoms with Crippen LogP contribution >= 0.6 is 46.3 Å². The third kappa shape index (κ3) is 5.98. The maximum absolute atomic E-state index is 13.3. The molecule has 5 aromatic rings. The number of hydrogen-bond donors (Lipinski definition) is 0. The monoisotopic (exact) mass is 654 g/mol. The van der Waals surface area contributed by atoms with E-state index in [4.69, 9.17) is 37.1 Å². The quantitative estimate of drug-likeness (QED) is 0.179. The Bertz CT molecular complexity index is 1770. The molecule has 2 aliphatic heterocycles. The molecular weight excluding hydrogens is 631 g/mol. The highest BCUT2D eigenvalue weighted by Crippen LogP contribution is 2.35. The maximum atomic E-state index is 13.3. The Morgan fingerprint density at radius 1 is 1.00 bits per heavy atom. The van der Waals surface area contributed by atoms with E-state index in [0.29, 0.717) is 57.0 Å². The van der Waals surface area contributed by atoms with E-state index in [0.717, 1.165) is 41.7 Å². The summed E-state index contributed by atoms with van der Waals surface area (Å²) in [5, 5.41) is 13.0. The third-order valence-corrected chi connectivity index (χ3v) is 9.63. The van der Waals surface area contributed by atoms with Crippen LogP contribution < -0.4 is 9.47 Å². The van der Waals surface area contributed by atoms with Gasteiger partial charge in [-0.05, 0) is 48.0 Å². The molecule has 14 heteroatoms. The summed E-state index contributed by atoms with van der Waals surface area (Å²) in [6.07, 6.45) is 1.58. The third-order valence-electron chi connectivity index (χ3n) is 7.12. The van der Waals surface area contributed by atoms with Crippen LogP contribution in [0.3, 0.4) is 0 Å². The number of carbonyl (C=O) groups excluding carboxylic acids is 1. The number of thiazole rings is 1. The Balaban J connectivity index is 0.992. The normalized spacial score (nSPS) is 14.9. The topological polar surface area (TPSA) is 98.8 Å². The molecule has 10 nitrogen and oxygen atoms in total. The zero-order valence-corrected chi connectivity index (χ0v) is 25.8. The standard InChI is InChI=1S/C29H24Cl2N6O4S2/c30-19-4-5-22(20(31)13-19)37-27(24-2-1-11-39-24)33-34-29(37)43-16-26-32-21(15-42-26)28(38)36-9-7-35(8-10-36)14-18-3-6-23-25(12-18)41-17-40-23/h1-6,11-13,15H,7-10,14,16-17H2. The van der Waals surface area contributed by atoms with Crippen LogP contribution in [0, 0.1) is 0 Å². The second kappa shape index (κ2) is 12.2. The molecule has 2 aliphatic rings. The van der Waals surface area contributed by atoms with Gasteiger partial charge in [0.2, 0.25) is 12.6 Å². The average Bonchev–Trinajstić information content (AvgIpc) is 3.83. The first-order chi connectivity index (χ1) is 21.0. The van der Waals surface area contributed by atoms with Crippen LogP contribution in [-0.2, 0) is 12.3 Å². The van der Waals surface area contributed by atoms with Crippen molar-refractivity contribution in [2.75, 3.05) is 33.0 Å². The molecule has 2 aromatic carbocycles. The van der Waals surface area contributed by atoms with E-state index in [2.05, 4.69) is 26.1 Å². The first-order valence-corrected chi connectivity index (χ1v) is 16.1. The Hall–Kier alpha value is -3.55. The van der Waals surface area contributed by atoms with Crippen molar-refractivity contribution >= 4 is 52.2 Å². The van der Waals surface area contributed by atoms with E-state index in [1.165, 1.54) is 23.1 Å². The molecule has 0 bridgehead atoms. The highest BCUT2D eigenvalue weighted by atomic mass is 35.5. The minimum atomic E-state index is -0.0496. The fraction of sp³-hybridized carbons (Fsp3) is 0.241. The smallest absolute Gasteiger partial charge is 0.273 e. The summed E-state index contributed by atoms with van der Waals surface area (Å²) in [5.41, 5.74) is 2.30. The van der Waals surface area contributed by atoms with Gasteiger partial charge in [0, 0.05) is 43.1 Å². The number of fused-ring (bicyclic) bond motifs is 1. The Morgan fingerprint density at radius 2 is 1.86 bits per heavy atom. The molecule has 0 aliphatic carbocycles. The molecule has 0 unspecified atom stereocenters. The van der Waals surface area contributed by atoms with Crippen molar-refractivity contribution in [3.8, 4) is 28.8 Å². The number of rotatable bonds is 8. The first-order valence-electron chi connectivity index (χ1n) is 13.4. The number of furan rings is 1. The molecule has 220 valence electrons. The summed E-state index contributed by atoms with van der Waals surface area (Å²) in [7, 11) is 0. The number of aromatic nitrogens is 4. The van der Waals surface area contributed by atoms with Crippen molar-refractivity contribution in [3.63, 3.8) is 0 Å². The van der Waals surface area contributed by atoms with Gasteiger partial charge < -0.3 is 18.8 Å². The molecule has 1 saturated heterocycles. The summed E-state index contributed by atoms with van der Waals surface area (Å²) in [4.78, 5) is 22.1. The van der Waals surface area contributed by atoms with E-state index in [1.54, 1.807) is 24.5 Å². The minimum Gasteiger partial charge on any atom is -0.461 e. The summed E-state index contributed by atoms with van der Waals surface area (Å²) >= 11 is 15.6. The summed E-state index contributed by atoms with van der Waals surface area (Å²) in [5.74, 6) is 3.10. The van der Waals surface area contributed by atoms with Crippen LogP contribution in [0.1, 0.15) is 21.1 Å². The molecule has 1 amide bonds. The minimum absolute atomic E-state index is 0.0496. The van der Waals surface area contributed by atoms with Crippen molar-refractivity contribution in [2.45, 2.75) is 17.5 Å². The van der Waals surface area contributed by atoms with Gasteiger partial charge in [0.05, 0.1) is 22.7 Å². The maximum Gasteiger partial charge on any atom is 0.273 e. The Labute approximate surface area is 265 Å². The van der Waals surface area contributed by atoms with Crippen LogP contribution in [0.2, 0.25) is 10.0 Å². The van der Waals surface area contributed by atoms with Crippen LogP contribution in [0.25, 0.3) is 17.3 Å². The Kier molecular flexibility index (Phi) is 8.02. The van der Waals surface area contributed by atoms with Crippen LogP contribution in [-0.4, -0.2) is 68.4 Å². The molecule has 0 N–H and O–H groups in total. The van der Waals surface area contributed by atoms with Crippen LogP contribution in [0.4, 0.5) is 0 Å². The molecular formula is C29H24Cl2N6O4S2. The lowest BCUT2D eigenvalue weighted by atomic mass is 10.1. The number of thioether (sulfide) groups is 1. The molecule has 7 rings (SSSR count). The number of halogens is 2. The number of nitrogens with zero attached hydrogens (tertiary/aromatic N) is 6. The summed E-state index contributed by atoms with van der Waals surface area (Å²) in [6, 6.07) is 14.9. The van der Waals surface area contributed by atoms with Gasteiger partial charge in [-0.15, -0.1) is 21.5 Å². The second-order valence-corrected chi connectivity index (χ2v) is 12.6. The van der Waals surface area contributed by atoms with Gasteiger partial charge in [-0.1, -0.05) is 41.0 Å². The zero-order valence-electron chi connectivity index (χ0n) is 22.6. The number of piperazine rings is 1. The summed E-state index contributed by atoms with van der Waals surface area (Å²) in [6.45, 7) is 3.92. The molecule has 0 saturated carbocycles. The largest absolute Gasteiger partial charge is 0.461 e. The molecule has 3 aromatic heterocycles. The van der Waals surface area contributed by atoms with Gasteiger partial charge in [-0.2, -0.15) is 0 Å². The molecule has 1 fully saturated rings. The van der Waals surface area contributed by atoms with E-state index in [-0.39, 0.29) is 12.7 Å². The fourth-order valence-electron chi connectivity index (χ4n) is 4.98. The molecule has 0 atom stereocenters. The summed E-state index contributed by atoms with van der Waals surface area (Å²) < 4.78 is 18.3. The predicted octanol–water partition coefficient (Wildman–Crippen LogP) is 6.27. The van der Waals surface area contributed by atoms with Crippen molar-refractivity contribution < 1.29 is 18.7 Å². The lowest BCUT2D eigenvalue weighted by Crippen LogP contribution is -2.48. The van der Waals surface area contributed by atoms with Gasteiger partial charge in [-0.25, -0.2) is 4.98 Å². The number of amides is 1. The first kappa shape index (κ1) is 28.2. The molecule has 5 heterocycles. The number of carbonyl (C=O) groups is 1. The van der Waals surface area contributed by atoms with Gasteiger partial charge in [-0.3, -0.25) is 14.3 Å². The number of ether oxygens (including phenoxy) is 2. The van der Waals surface area contributed by atoms with Crippen LogP contribution in [0.5, 0.6) is 11.5 Å². The van der Waals surface area contributed by atoms with Gasteiger partial charge in [0.1, 0.15) is 10.7 Å². The Morgan fingerprint density at radius 3 is 2.67 bits per heavy atom. The molecule has 0 spiro atoms. The van der Waals surface area contributed by atoms with Gasteiger partial charge >= 0.3 is 0 Å². The lowest BCUT2D eigenvalue weighted by molar-refractivity contribution is 0.0623. The van der Waals surface area contributed by atoms with E-state index in [1.807, 2.05) is 39.1 Å². The molecule has 0 radical (unpaired) electrons. The molecule has 43 heavy (non-hydrogen) atoms. The van der Waals surface area contributed by atoms with Crippen LogP contribution in [0.15, 0.2) is 69.7 Å². The lowest BCUT2D eigenvalue weighted by Gasteiger charge is -2.34. The van der Waals surface area contributed by atoms with Crippen molar-refractivity contribution in [1.82, 2.24) is 29.5 Å². The zero-order chi connectivity index (χ0) is 29.3. The number of benzene rings is 2. The van der Waals surface area contributed by atoms with E-state index < -0.39 is 0 Å². The van der Waals surface area contributed by atoms with Crippen molar-refractivity contribution in [2.24, 2.45) is 0 Å². The SMILES string of the molecule is O=C(c1csc(CSc2nnc(-c3ccco3)n2-c2ccc(Cl)cc2Cl)n1)N1CCN(Cc2ccc3c(c2)OCO3)CC1. The predicted molar refractivity (Wildman–Crippen MR) is 165 cm³/mol. The second-order valence-electron chi connectivity index (χ2n) is 9.89. The van der Waals surface area contributed by atoms with Gasteiger partial charge in [0.25, 0.3) is 5.91 Å². The number of hydrogen-bond acceptors (Lipinski definition) is 10. The van der Waals surface area contributed by atoms with Crippen molar-refractivity contribution in [1.29, 1.82) is 0 Å². The van der Waals surface area contributed by atoms with Crippen molar-refractivity contribution in [3.05, 3.63) is 86.5 Å². The fourth-order valence-corrected chi connectivity index (χ4v) is 7.20. The van der Waals surface area contributed by atoms with E-state index >= 15 is 0 Å².